The van der Waals surface area contributed by atoms with Gasteiger partial charge < -0.3 is 4.90 Å². The maximum absolute atomic E-state index is 13.0. The van der Waals surface area contributed by atoms with E-state index in [0.29, 0.717) is 18.5 Å². The summed E-state index contributed by atoms with van der Waals surface area (Å²) in [5.41, 5.74) is 0.913. The molecule has 2 saturated carbocycles. The predicted molar refractivity (Wildman–Crippen MR) is 81.4 cm³/mol. The van der Waals surface area contributed by atoms with Crippen LogP contribution in [-0.4, -0.2) is 22.9 Å². The molecule has 114 valence electrons. The van der Waals surface area contributed by atoms with Gasteiger partial charge in [0, 0.05) is 12.1 Å². The fourth-order valence-electron chi connectivity index (χ4n) is 3.45. The summed E-state index contributed by atoms with van der Waals surface area (Å²) >= 11 is 0. The van der Waals surface area contributed by atoms with Gasteiger partial charge in [0.2, 0.25) is 5.91 Å². The van der Waals surface area contributed by atoms with Crippen molar-refractivity contribution in [3.05, 3.63) is 35.6 Å². The first-order valence-corrected chi connectivity index (χ1v) is 8.19. The van der Waals surface area contributed by atoms with Crippen molar-refractivity contribution >= 4 is 5.91 Å². The molecule has 3 rings (SSSR count). The first-order chi connectivity index (χ1) is 10.1. The third-order valence-electron chi connectivity index (χ3n) is 4.88. The molecule has 0 atom stereocenters. The Kier molecular flexibility index (Phi) is 4.27. The predicted octanol–water partition coefficient (Wildman–Crippen LogP) is 3.94. The van der Waals surface area contributed by atoms with E-state index in [0.717, 1.165) is 37.2 Å². The molecule has 2 fully saturated rings. The van der Waals surface area contributed by atoms with Gasteiger partial charge in [0.1, 0.15) is 5.82 Å². The van der Waals surface area contributed by atoms with Crippen LogP contribution in [0.1, 0.15) is 51.0 Å². The van der Waals surface area contributed by atoms with Crippen LogP contribution in [0.5, 0.6) is 0 Å². The SMILES string of the molecule is CC1CCC(N(C(=O)Cc2ccc(F)cc2)C2CC2)CC1. The molecule has 21 heavy (non-hydrogen) atoms. The molecular weight excluding hydrogens is 265 g/mol. The summed E-state index contributed by atoms with van der Waals surface area (Å²) in [7, 11) is 0. The summed E-state index contributed by atoms with van der Waals surface area (Å²) in [5, 5.41) is 0. The van der Waals surface area contributed by atoms with E-state index in [1.165, 1.54) is 25.0 Å². The van der Waals surface area contributed by atoms with Gasteiger partial charge in [-0.05, 0) is 62.1 Å². The molecule has 1 amide bonds. The van der Waals surface area contributed by atoms with Gasteiger partial charge in [0.15, 0.2) is 0 Å². The summed E-state index contributed by atoms with van der Waals surface area (Å²) in [6, 6.07) is 7.22. The minimum Gasteiger partial charge on any atom is -0.336 e. The molecule has 1 aromatic carbocycles. The molecular formula is C18H24FNO. The second-order valence-electron chi connectivity index (χ2n) is 6.75. The highest BCUT2D eigenvalue weighted by Crippen LogP contribution is 2.35. The van der Waals surface area contributed by atoms with Crippen LogP contribution in [-0.2, 0) is 11.2 Å². The van der Waals surface area contributed by atoms with E-state index in [4.69, 9.17) is 0 Å². The van der Waals surface area contributed by atoms with Crippen LogP contribution in [0.4, 0.5) is 4.39 Å². The molecule has 0 aromatic heterocycles. The number of carbonyl (C=O) groups is 1. The molecule has 0 N–H and O–H groups in total. The van der Waals surface area contributed by atoms with E-state index in [2.05, 4.69) is 11.8 Å². The van der Waals surface area contributed by atoms with Crippen molar-refractivity contribution in [3.8, 4) is 0 Å². The zero-order valence-electron chi connectivity index (χ0n) is 12.7. The maximum atomic E-state index is 13.0. The standard InChI is InChI=1S/C18H24FNO/c1-13-2-8-16(9-3-13)20(17-10-11-17)18(21)12-14-4-6-15(19)7-5-14/h4-7,13,16-17H,2-3,8-12H2,1H3. The van der Waals surface area contributed by atoms with Crippen molar-refractivity contribution in [1.29, 1.82) is 0 Å². The highest BCUT2D eigenvalue weighted by molar-refractivity contribution is 5.79. The van der Waals surface area contributed by atoms with Gasteiger partial charge in [-0.1, -0.05) is 19.1 Å². The number of carbonyl (C=O) groups excluding carboxylic acids is 1. The third-order valence-corrected chi connectivity index (χ3v) is 4.88. The Morgan fingerprint density at radius 3 is 2.10 bits per heavy atom. The van der Waals surface area contributed by atoms with Gasteiger partial charge in [0.25, 0.3) is 0 Å². The number of benzene rings is 1. The van der Waals surface area contributed by atoms with Crippen LogP contribution in [0.3, 0.4) is 0 Å². The normalized spacial score (nSPS) is 25.6. The van der Waals surface area contributed by atoms with Crippen molar-refractivity contribution in [2.75, 3.05) is 0 Å². The summed E-state index contributed by atoms with van der Waals surface area (Å²) < 4.78 is 13.0. The molecule has 0 spiro atoms. The quantitative estimate of drug-likeness (QED) is 0.822. The minimum absolute atomic E-state index is 0.226. The number of halogens is 1. The summed E-state index contributed by atoms with van der Waals surface area (Å²) in [4.78, 5) is 14.9. The van der Waals surface area contributed by atoms with Crippen molar-refractivity contribution in [2.45, 2.75) is 64.0 Å². The molecule has 0 saturated heterocycles. The molecule has 2 aliphatic carbocycles. The molecule has 0 radical (unpaired) electrons. The smallest absolute Gasteiger partial charge is 0.227 e. The number of hydrogen-bond acceptors (Lipinski definition) is 1. The van der Waals surface area contributed by atoms with Gasteiger partial charge in [0.05, 0.1) is 6.42 Å². The Balaban J connectivity index is 1.66. The minimum atomic E-state index is -0.244. The highest BCUT2D eigenvalue weighted by Gasteiger charge is 2.38. The van der Waals surface area contributed by atoms with E-state index in [9.17, 15) is 9.18 Å². The maximum Gasteiger partial charge on any atom is 0.227 e. The van der Waals surface area contributed by atoms with Crippen LogP contribution in [0.2, 0.25) is 0 Å². The van der Waals surface area contributed by atoms with E-state index in [-0.39, 0.29) is 11.7 Å². The Morgan fingerprint density at radius 1 is 1.05 bits per heavy atom. The topological polar surface area (TPSA) is 20.3 Å². The van der Waals surface area contributed by atoms with Gasteiger partial charge in [-0.2, -0.15) is 0 Å². The second kappa shape index (κ2) is 6.17. The third kappa shape index (κ3) is 3.63. The van der Waals surface area contributed by atoms with Crippen LogP contribution in [0, 0.1) is 11.7 Å². The molecule has 0 bridgehead atoms. The lowest BCUT2D eigenvalue weighted by Crippen LogP contribution is -2.44. The molecule has 3 heteroatoms. The van der Waals surface area contributed by atoms with Gasteiger partial charge in [-0.25, -0.2) is 4.39 Å². The van der Waals surface area contributed by atoms with Crippen molar-refractivity contribution < 1.29 is 9.18 Å². The van der Waals surface area contributed by atoms with Crippen molar-refractivity contribution in [3.63, 3.8) is 0 Å². The van der Waals surface area contributed by atoms with Crippen LogP contribution < -0.4 is 0 Å². The lowest BCUT2D eigenvalue weighted by atomic mass is 9.86. The zero-order chi connectivity index (χ0) is 14.8. The van der Waals surface area contributed by atoms with Crippen LogP contribution in [0.15, 0.2) is 24.3 Å². The zero-order valence-corrected chi connectivity index (χ0v) is 12.7. The average molecular weight is 289 g/mol. The fraction of sp³-hybridized carbons (Fsp3) is 0.611. The first-order valence-electron chi connectivity index (χ1n) is 8.19. The molecule has 2 nitrogen and oxygen atoms in total. The first kappa shape index (κ1) is 14.6. The van der Waals surface area contributed by atoms with Crippen LogP contribution >= 0.6 is 0 Å². The number of nitrogens with zero attached hydrogens (tertiary/aromatic N) is 1. The van der Waals surface area contributed by atoms with E-state index in [1.54, 1.807) is 12.1 Å². The number of hydrogen-bond donors (Lipinski definition) is 0. The lowest BCUT2D eigenvalue weighted by molar-refractivity contribution is -0.134. The van der Waals surface area contributed by atoms with Gasteiger partial charge in [-0.15, -0.1) is 0 Å². The largest absolute Gasteiger partial charge is 0.336 e. The lowest BCUT2D eigenvalue weighted by Gasteiger charge is -2.36. The monoisotopic (exact) mass is 289 g/mol. The van der Waals surface area contributed by atoms with E-state index < -0.39 is 0 Å². The number of amides is 1. The Morgan fingerprint density at radius 2 is 1.57 bits per heavy atom. The fourth-order valence-corrected chi connectivity index (χ4v) is 3.45. The van der Waals surface area contributed by atoms with Gasteiger partial charge >= 0.3 is 0 Å². The average Bonchev–Trinajstić information content (AvgIpc) is 3.29. The summed E-state index contributed by atoms with van der Waals surface area (Å²) in [6.45, 7) is 2.30. The Labute approximate surface area is 126 Å². The van der Waals surface area contributed by atoms with E-state index >= 15 is 0 Å². The summed E-state index contributed by atoms with van der Waals surface area (Å²) in [5.74, 6) is 0.782. The van der Waals surface area contributed by atoms with Gasteiger partial charge in [-0.3, -0.25) is 4.79 Å². The Hall–Kier alpha value is -1.38. The van der Waals surface area contributed by atoms with Crippen molar-refractivity contribution in [2.24, 2.45) is 5.92 Å². The Bertz CT molecular complexity index is 486. The van der Waals surface area contributed by atoms with Crippen LogP contribution in [0.25, 0.3) is 0 Å². The summed E-state index contributed by atoms with van der Waals surface area (Å²) in [6.07, 6.45) is 7.47. The molecule has 0 heterocycles. The molecule has 1 aromatic rings. The highest BCUT2D eigenvalue weighted by atomic mass is 19.1. The van der Waals surface area contributed by atoms with Crippen molar-refractivity contribution in [1.82, 2.24) is 4.90 Å². The molecule has 2 aliphatic rings. The molecule has 0 unspecified atom stereocenters. The number of rotatable bonds is 4. The van der Waals surface area contributed by atoms with E-state index in [1.807, 2.05) is 0 Å². The second-order valence-corrected chi connectivity index (χ2v) is 6.75. The molecule has 0 aliphatic heterocycles.